The summed E-state index contributed by atoms with van der Waals surface area (Å²) in [6, 6.07) is 14.0. The number of rotatable bonds is 5. The molecule has 0 aliphatic carbocycles. The molecule has 1 aromatic heterocycles. The molecule has 1 amide bonds. The van der Waals surface area contributed by atoms with Crippen molar-refractivity contribution in [2.24, 2.45) is 0 Å². The van der Waals surface area contributed by atoms with E-state index in [0.29, 0.717) is 27.7 Å². The fourth-order valence-corrected chi connectivity index (χ4v) is 3.54. The first-order chi connectivity index (χ1) is 13.2. The van der Waals surface area contributed by atoms with Crippen LogP contribution in [0.5, 0.6) is 0 Å². The number of aromatic nitrogens is 2. The van der Waals surface area contributed by atoms with Gasteiger partial charge in [0.05, 0.1) is 4.90 Å². The predicted octanol–water partition coefficient (Wildman–Crippen LogP) is 3.80. The maximum atomic E-state index is 12.5. The average molecular weight is 417 g/mol. The van der Waals surface area contributed by atoms with Crippen molar-refractivity contribution in [3.8, 4) is 0 Å². The molecule has 0 radical (unpaired) electrons. The van der Waals surface area contributed by atoms with Gasteiger partial charge in [0.25, 0.3) is 15.9 Å². The zero-order valence-electron chi connectivity index (χ0n) is 15.1. The van der Waals surface area contributed by atoms with E-state index in [4.69, 9.17) is 11.6 Å². The summed E-state index contributed by atoms with van der Waals surface area (Å²) in [5, 5.41) is 3.23. The Balaban J connectivity index is 1.73. The second-order valence-electron chi connectivity index (χ2n) is 6.07. The summed E-state index contributed by atoms with van der Waals surface area (Å²) in [6.07, 6.45) is 0. The van der Waals surface area contributed by atoms with Crippen molar-refractivity contribution in [1.82, 2.24) is 9.97 Å². The van der Waals surface area contributed by atoms with Crippen LogP contribution in [0, 0.1) is 13.8 Å². The van der Waals surface area contributed by atoms with Crippen molar-refractivity contribution in [2.75, 3.05) is 10.0 Å². The first-order valence-electron chi connectivity index (χ1n) is 8.25. The molecule has 0 atom stereocenters. The minimum Gasteiger partial charge on any atom is -0.322 e. The normalized spacial score (nSPS) is 11.1. The molecule has 3 rings (SSSR count). The van der Waals surface area contributed by atoms with Crippen molar-refractivity contribution in [2.45, 2.75) is 18.7 Å². The van der Waals surface area contributed by atoms with Gasteiger partial charge in [-0.1, -0.05) is 11.6 Å². The molecule has 28 heavy (non-hydrogen) atoms. The molecule has 2 N–H and O–H groups in total. The molecule has 0 aliphatic rings. The van der Waals surface area contributed by atoms with Crippen molar-refractivity contribution in [3.63, 3.8) is 0 Å². The monoisotopic (exact) mass is 416 g/mol. The van der Waals surface area contributed by atoms with Gasteiger partial charge >= 0.3 is 0 Å². The molecule has 7 nitrogen and oxygen atoms in total. The Labute approximate surface area is 167 Å². The number of halogens is 1. The molecule has 0 bridgehead atoms. The summed E-state index contributed by atoms with van der Waals surface area (Å²) in [5.41, 5.74) is 2.22. The van der Waals surface area contributed by atoms with Crippen LogP contribution < -0.4 is 10.0 Å². The number of hydrogen-bond donors (Lipinski definition) is 2. The van der Waals surface area contributed by atoms with Crippen LogP contribution in [0.25, 0.3) is 0 Å². The number of nitrogens with zero attached hydrogens (tertiary/aromatic N) is 2. The molecule has 0 unspecified atom stereocenters. The number of benzene rings is 2. The third-order valence-corrected chi connectivity index (χ3v) is 5.33. The molecular weight excluding hydrogens is 400 g/mol. The highest BCUT2D eigenvalue weighted by Gasteiger charge is 2.16. The molecule has 0 fully saturated rings. The van der Waals surface area contributed by atoms with Gasteiger partial charge in [-0.2, -0.15) is 0 Å². The van der Waals surface area contributed by atoms with E-state index < -0.39 is 10.0 Å². The zero-order valence-corrected chi connectivity index (χ0v) is 16.7. The van der Waals surface area contributed by atoms with E-state index in [9.17, 15) is 13.2 Å². The van der Waals surface area contributed by atoms with Gasteiger partial charge in [-0.05, 0) is 68.4 Å². The van der Waals surface area contributed by atoms with Gasteiger partial charge in [0.1, 0.15) is 0 Å². The number of carbonyl (C=O) groups excluding carboxylic acids is 1. The molecule has 0 spiro atoms. The van der Waals surface area contributed by atoms with Gasteiger partial charge in [-0.15, -0.1) is 0 Å². The van der Waals surface area contributed by atoms with Crippen molar-refractivity contribution in [3.05, 3.63) is 76.6 Å². The van der Waals surface area contributed by atoms with Crippen LogP contribution in [-0.2, 0) is 10.0 Å². The molecule has 0 saturated heterocycles. The summed E-state index contributed by atoms with van der Waals surface area (Å²) in [5.74, 6) is -0.313. The highest BCUT2D eigenvalue weighted by atomic mass is 35.5. The highest BCUT2D eigenvalue weighted by Crippen LogP contribution is 2.18. The van der Waals surface area contributed by atoms with Crippen LogP contribution in [0.2, 0.25) is 5.02 Å². The van der Waals surface area contributed by atoms with Crippen LogP contribution in [-0.4, -0.2) is 24.3 Å². The first-order valence-corrected chi connectivity index (χ1v) is 10.1. The van der Waals surface area contributed by atoms with Crippen molar-refractivity contribution < 1.29 is 13.2 Å². The predicted molar refractivity (Wildman–Crippen MR) is 108 cm³/mol. The number of aryl methyl sites for hydroxylation is 2. The van der Waals surface area contributed by atoms with Gasteiger partial charge in [-0.3, -0.25) is 4.79 Å². The molecule has 3 aromatic rings. The van der Waals surface area contributed by atoms with Gasteiger partial charge in [0, 0.05) is 27.7 Å². The van der Waals surface area contributed by atoms with Crippen LogP contribution in [0.15, 0.2) is 59.5 Å². The Kier molecular flexibility index (Phi) is 5.62. The lowest BCUT2D eigenvalue weighted by atomic mass is 10.2. The number of carbonyl (C=O) groups is 1. The molecule has 0 saturated carbocycles. The Bertz CT molecular complexity index is 1090. The number of amides is 1. The fourth-order valence-electron chi connectivity index (χ4n) is 2.47. The van der Waals surface area contributed by atoms with E-state index in [1.807, 2.05) is 0 Å². The Morgan fingerprint density at radius 2 is 1.50 bits per heavy atom. The quantitative estimate of drug-likeness (QED) is 0.658. The van der Waals surface area contributed by atoms with E-state index in [2.05, 4.69) is 20.0 Å². The topological polar surface area (TPSA) is 101 Å². The molecule has 2 aromatic carbocycles. The summed E-state index contributed by atoms with van der Waals surface area (Å²) < 4.78 is 27.4. The van der Waals surface area contributed by atoms with Crippen molar-refractivity contribution >= 4 is 39.2 Å². The van der Waals surface area contributed by atoms with E-state index >= 15 is 0 Å². The van der Waals surface area contributed by atoms with Gasteiger partial charge in [-0.25, -0.2) is 23.1 Å². The van der Waals surface area contributed by atoms with Gasteiger partial charge < -0.3 is 5.32 Å². The third-order valence-electron chi connectivity index (χ3n) is 3.74. The Morgan fingerprint density at radius 1 is 0.929 bits per heavy atom. The molecule has 9 heteroatoms. The van der Waals surface area contributed by atoms with E-state index in [-0.39, 0.29) is 16.8 Å². The minimum absolute atomic E-state index is 0.0117. The van der Waals surface area contributed by atoms with E-state index in [1.165, 1.54) is 24.3 Å². The summed E-state index contributed by atoms with van der Waals surface area (Å²) in [6.45, 7) is 3.51. The summed E-state index contributed by atoms with van der Waals surface area (Å²) in [4.78, 5) is 20.4. The molecule has 144 valence electrons. The van der Waals surface area contributed by atoms with Crippen LogP contribution in [0.1, 0.15) is 21.7 Å². The molecule has 1 heterocycles. The number of nitrogens with one attached hydrogen (secondary N) is 2. The number of hydrogen-bond acceptors (Lipinski definition) is 5. The van der Waals surface area contributed by atoms with Crippen molar-refractivity contribution in [1.29, 1.82) is 0 Å². The molecule has 0 aliphatic heterocycles. The average Bonchev–Trinajstić information content (AvgIpc) is 2.61. The smallest absolute Gasteiger partial charge is 0.264 e. The Morgan fingerprint density at radius 3 is 2.07 bits per heavy atom. The summed E-state index contributed by atoms with van der Waals surface area (Å²) >= 11 is 5.81. The van der Waals surface area contributed by atoms with E-state index in [0.717, 1.165) is 0 Å². The maximum Gasteiger partial charge on any atom is 0.264 e. The minimum atomic E-state index is -3.85. The van der Waals surface area contributed by atoms with Crippen LogP contribution >= 0.6 is 11.6 Å². The number of sulfonamides is 1. The van der Waals surface area contributed by atoms with Gasteiger partial charge in [0.2, 0.25) is 5.95 Å². The standard InChI is InChI=1S/C19H17ClN4O3S/c1-12-11-13(2)22-19(21-12)24-28(26,27)17-9-7-16(8-10-17)23-18(25)14-3-5-15(20)6-4-14/h3-11H,1-2H3,(H,23,25)(H,21,22,24). The fraction of sp³-hybridized carbons (Fsp3) is 0.105. The third kappa shape index (κ3) is 4.85. The number of anilines is 2. The summed E-state index contributed by atoms with van der Waals surface area (Å²) in [7, 11) is -3.85. The second kappa shape index (κ2) is 7.95. The largest absolute Gasteiger partial charge is 0.322 e. The van der Waals surface area contributed by atoms with Crippen LogP contribution in [0.3, 0.4) is 0 Å². The van der Waals surface area contributed by atoms with Crippen LogP contribution in [0.4, 0.5) is 11.6 Å². The lowest BCUT2D eigenvalue weighted by molar-refractivity contribution is 0.102. The first kappa shape index (κ1) is 19.8. The zero-order chi connectivity index (χ0) is 20.3. The SMILES string of the molecule is Cc1cc(C)nc(NS(=O)(=O)c2ccc(NC(=O)c3ccc(Cl)cc3)cc2)n1. The lowest BCUT2D eigenvalue weighted by Gasteiger charge is -2.09. The van der Waals surface area contributed by atoms with E-state index in [1.54, 1.807) is 44.2 Å². The highest BCUT2D eigenvalue weighted by molar-refractivity contribution is 7.92. The molecular formula is C19H17ClN4O3S. The second-order valence-corrected chi connectivity index (χ2v) is 8.18. The maximum absolute atomic E-state index is 12.5. The Hall–Kier alpha value is -2.97. The van der Waals surface area contributed by atoms with Gasteiger partial charge in [0.15, 0.2) is 0 Å². The lowest BCUT2D eigenvalue weighted by Crippen LogP contribution is -2.16.